The molecule has 1 N–H and O–H groups in total. The highest BCUT2D eigenvalue weighted by atomic mass is 16.4. The number of hydrogen-bond donors (Lipinski definition) is 1. The molecule has 0 heterocycles. The molecule has 0 aromatic heterocycles. The van der Waals surface area contributed by atoms with Crippen molar-refractivity contribution in [2.75, 3.05) is 0 Å². The Kier molecular flexibility index (Phi) is 4.62. The summed E-state index contributed by atoms with van der Waals surface area (Å²) in [6, 6.07) is 0. The Labute approximate surface area is 43.2 Å². The molecule has 0 atom stereocenters. The maximum Gasteiger partial charge on any atom is 0.0658 e. The molecule has 40 valence electrons. The van der Waals surface area contributed by atoms with Crippen LogP contribution in [0.2, 0.25) is 0 Å². The van der Waals surface area contributed by atoms with Gasteiger partial charge < -0.3 is 5.21 Å². The van der Waals surface area contributed by atoms with Gasteiger partial charge in [0.05, 0.1) is 6.21 Å². The Balaban J connectivity index is 3.09. The molecule has 0 aromatic carbocycles. The van der Waals surface area contributed by atoms with Crippen LogP contribution in [0, 0.1) is 0 Å². The zero-order valence-corrected chi connectivity index (χ0v) is 4.33. The van der Waals surface area contributed by atoms with Gasteiger partial charge in [0.15, 0.2) is 0 Å². The summed E-state index contributed by atoms with van der Waals surface area (Å²) < 4.78 is 0. The molecule has 0 aromatic rings. The summed E-state index contributed by atoms with van der Waals surface area (Å²) >= 11 is 0. The van der Waals surface area contributed by atoms with Crippen LogP contribution in [0.5, 0.6) is 0 Å². The highest BCUT2D eigenvalue weighted by Gasteiger charge is 1.59. The molecule has 0 amide bonds. The summed E-state index contributed by atoms with van der Waals surface area (Å²) in [6.45, 7) is 2.02. The van der Waals surface area contributed by atoms with Crippen molar-refractivity contribution in [3.05, 3.63) is 12.2 Å². The van der Waals surface area contributed by atoms with E-state index < -0.39 is 0 Å². The van der Waals surface area contributed by atoms with Crippen LogP contribution in [-0.4, -0.2) is 11.4 Å². The summed E-state index contributed by atoms with van der Waals surface area (Å²) in [5, 5.41) is 10.6. The van der Waals surface area contributed by atoms with E-state index in [0.717, 1.165) is 6.42 Å². The van der Waals surface area contributed by atoms with E-state index in [2.05, 4.69) is 5.16 Å². The van der Waals surface area contributed by atoms with Crippen molar-refractivity contribution in [3.8, 4) is 0 Å². The van der Waals surface area contributed by atoms with Crippen molar-refractivity contribution >= 4 is 6.21 Å². The van der Waals surface area contributed by atoms with Gasteiger partial charge in [-0.15, -0.1) is 0 Å². The second kappa shape index (κ2) is 5.21. The van der Waals surface area contributed by atoms with Gasteiger partial charge in [-0.3, -0.25) is 0 Å². The number of nitrogens with zero attached hydrogens (tertiary/aromatic N) is 1. The lowest BCUT2D eigenvalue weighted by atomic mass is 10.4. The Hall–Kier alpha value is -0.790. The quantitative estimate of drug-likeness (QED) is 0.317. The molecular formula is C5H9NO. The van der Waals surface area contributed by atoms with Crippen molar-refractivity contribution < 1.29 is 5.21 Å². The molecule has 2 heteroatoms. The predicted octanol–water partition coefficient (Wildman–Crippen LogP) is 1.41. The van der Waals surface area contributed by atoms with Gasteiger partial charge in [-0.25, -0.2) is 0 Å². The molecule has 7 heavy (non-hydrogen) atoms. The van der Waals surface area contributed by atoms with Crippen LogP contribution in [0.3, 0.4) is 0 Å². The summed E-state index contributed by atoms with van der Waals surface area (Å²) in [7, 11) is 0. The van der Waals surface area contributed by atoms with Crippen molar-refractivity contribution in [2.24, 2.45) is 5.16 Å². The van der Waals surface area contributed by atoms with E-state index in [9.17, 15) is 0 Å². The van der Waals surface area contributed by atoms with E-state index in [-0.39, 0.29) is 0 Å². The van der Waals surface area contributed by atoms with Gasteiger partial charge >= 0.3 is 0 Å². The van der Waals surface area contributed by atoms with Crippen molar-refractivity contribution in [1.29, 1.82) is 0 Å². The second-order valence-electron chi connectivity index (χ2n) is 1.10. The molecule has 0 radical (unpaired) electrons. The molecule has 0 rings (SSSR count). The number of hydrogen-bond acceptors (Lipinski definition) is 2. The van der Waals surface area contributed by atoms with E-state index >= 15 is 0 Å². The van der Waals surface area contributed by atoms with Crippen molar-refractivity contribution in [2.45, 2.75) is 13.3 Å². The average molecular weight is 99.1 g/mol. The third-order valence-electron chi connectivity index (χ3n) is 0.525. The molecule has 0 spiro atoms. The van der Waals surface area contributed by atoms with E-state index in [1.54, 1.807) is 6.08 Å². The van der Waals surface area contributed by atoms with Crippen LogP contribution in [0.1, 0.15) is 13.3 Å². The Morgan fingerprint density at radius 1 is 1.71 bits per heavy atom. The van der Waals surface area contributed by atoms with Crippen LogP contribution in [-0.2, 0) is 0 Å². The first-order valence-electron chi connectivity index (χ1n) is 2.24. The van der Waals surface area contributed by atoms with Crippen LogP contribution in [0.25, 0.3) is 0 Å². The standard InChI is InChI=1S/C5H9NO/c1-2-3-4-5-6-7/h3-5,7H,2H2,1H3. The molecule has 0 unspecified atom stereocenters. The van der Waals surface area contributed by atoms with Gasteiger partial charge in [-0.2, -0.15) is 0 Å². The third-order valence-corrected chi connectivity index (χ3v) is 0.525. The number of oxime groups is 1. The smallest absolute Gasteiger partial charge is 0.0658 e. The van der Waals surface area contributed by atoms with E-state index in [0.29, 0.717) is 0 Å². The minimum atomic E-state index is 0.978. The van der Waals surface area contributed by atoms with Gasteiger partial charge in [-0.1, -0.05) is 18.2 Å². The summed E-state index contributed by atoms with van der Waals surface area (Å²) in [4.78, 5) is 0. The first-order chi connectivity index (χ1) is 3.41. The van der Waals surface area contributed by atoms with E-state index in [4.69, 9.17) is 5.21 Å². The average Bonchev–Trinajstić information content (AvgIpc) is 1.69. The van der Waals surface area contributed by atoms with Gasteiger partial charge in [-0.05, 0) is 12.5 Å². The molecule has 0 fully saturated rings. The molecule has 0 aliphatic heterocycles. The summed E-state index contributed by atoms with van der Waals surface area (Å²) in [5.74, 6) is 0. The summed E-state index contributed by atoms with van der Waals surface area (Å²) in [5.41, 5.74) is 0. The van der Waals surface area contributed by atoms with E-state index in [1.807, 2.05) is 13.0 Å². The zero-order chi connectivity index (χ0) is 5.54. The Morgan fingerprint density at radius 2 is 2.43 bits per heavy atom. The van der Waals surface area contributed by atoms with Gasteiger partial charge in [0.25, 0.3) is 0 Å². The van der Waals surface area contributed by atoms with Gasteiger partial charge in [0.1, 0.15) is 0 Å². The fourth-order valence-corrected chi connectivity index (χ4v) is 0.235. The second-order valence-corrected chi connectivity index (χ2v) is 1.10. The highest BCUT2D eigenvalue weighted by Crippen LogP contribution is 1.74. The molecule has 0 saturated carbocycles. The fourth-order valence-electron chi connectivity index (χ4n) is 0.235. The van der Waals surface area contributed by atoms with Crippen LogP contribution in [0.15, 0.2) is 17.3 Å². The third kappa shape index (κ3) is 5.21. The maximum absolute atomic E-state index is 7.81. The Bertz CT molecular complexity index is 76.1. The topological polar surface area (TPSA) is 32.6 Å². The first-order valence-corrected chi connectivity index (χ1v) is 2.24. The molecule has 0 aliphatic carbocycles. The van der Waals surface area contributed by atoms with Crippen LogP contribution >= 0.6 is 0 Å². The fraction of sp³-hybridized carbons (Fsp3) is 0.400. The zero-order valence-electron chi connectivity index (χ0n) is 4.33. The predicted molar refractivity (Wildman–Crippen MR) is 29.7 cm³/mol. The minimum absolute atomic E-state index is 0.978. The summed E-state index contributed by atoms with van der Waals surface area (Å²) in [6.07, 6.45) is 5.91. The molecule has 2 nitrogen and oxygen atoms in total. The largest absolute Gasteiger partial charge is 0.411 e. The lowest BCUT2D eigenvalue weighted by molar-refractivity contribution is 0.322. The lowest BCUT2D eigenvalue weighted by Gasteiger charge is -1.69. The van der Waals surface area contributed by atoms with Gasteiger partial charge in [0.2, 0.25) is 0 Å². The monoisotopic (exact) mass is 99.1 g/mol. The first kappa shape index (κ1) is 6.21. The number of rotatable bonds is 2. The van der Waals surface area contributed by atoms with Gasteiger partial charge in [0, 0.05) is 0 Å². The highest BCUT2D eigenvalue weighted by molar-refractivity contribution is 5.70. The molecule has 0 aliphatic rings. The molecule has 0 saturated heterocycles. The van der Waals surface area contributed by atoms with Crippen LogP contribution in [0.4, 0.5) is 0 Å². The van der Waals surface area contributed by atoms with E-state index in [1.165, 1.54) is 6.21 Å². The van der Waals surface area contributed by atoms with Crippen molar-refractivity contribution in [3.63, 3.8) is 0 Å². The molecular weight excluding hydrogens is 90.1 g/mol. The maximum atomic E-state index is 7.81. The van der Waals surface area contributed by atoms with Crippen molar-refractivity contribution in [1.82, 2.24) is 0 Å². The lowest BCUT2D eigenvalue weighted by Crippen LogP contribution is -1.60. The normalized spacial score (nSPS) is 11.6. The minimum Gasteiger partial charge on any atom is -0.411 e. The van der Waals surface area contributed by atoms with Crippen LogP contribution < -0.4 is 0 Å². The Morgan fingerprint density at radius 3 is 2.86 bits per heavy atom. The SMILES string of the molecule is CCC=CC=NO. The molecule has 0 bridgehead atoms. The number of allylic oxidation sites excluding steroid dienone is 2.